The summed E-state index contributed by atoms with van der Waals surface area (Å²) < 4.78 is 21.0. The van der Waals surface area contributed by atoms with Crippen LogP contribution in [0.25, 0.3) is 17.1 Å². The highest BCUT2D eigenvalue weighted by Crippen LogP contribution is 2.36. The molecule has 2 aromatic carbocycles. The first-order chi connectivity index (χ1) is 16.3. The van der Waals surface area contributed by atoms with Gasteiger partial charge in [-0.2, -0.15) is 0 Å². The fraction of sp³-hybridized carbons (Fsp3) is 0.250. The first-order valence-electron chi connectivity index (χ1n) is 10.7. The number of hydrogen-bond donors (Lipinski definition) is 0. The summed E-state index contributed by atoms with van der Waals surface area (Å²) in [6.45, 7) is 1.35. The third-order valence-corrected chi connectivity index (χ3v) is 6.02. The van der Waals surface area contributed by atoms with Crippen LogP contribution in [0, 0.1) is 0 Å². The van der Waals surface area contributed by atoms with Crippen LogP contribution in [-0.4, -0.2) is 51.0 Å². The molecule has 0 saturated carbocycles. The van der Waals surface area contributed by atoms with E-state index in [1.165, 1.54) is 0 Å². The Kier molecular flexibility index (Phi) is 4.69. The van der Waals surface area contributed by atoms with Crippen molar-refractivity contribution in [3.8, 4) is 22.8 Å². The molecule has 4 aromatic rings. The second-order valence-electron chi connectivity index (χ2n) is 7.92. The van der Waals surface area contributed by atoms with Crippen LogP contribution in [0.15, 0.2) is 59.9 Å². The highest BCUT2D eigenvalue weighted by atomic mass is 16.5. The van der Waals surface area contributed by atoms with Crippen molar-refractivity contribution >= 4 is 5.90 Å². The van der Waals surface area contributed by atoms with Crippen molar-refractivity contribution in [3.05, 3.63) is 77.6 Å². The fourth-order valence-corrected chi connectivity index (χ4v) is 4.38. The first kappa shape index (κ1) is 19.7. The molecular formula is C24H22N6O3. The van der Waals surface area contributed by atoms with E-state index in [1.54, 1.807) is 14.2 Å². The largest absolute Gasteiger partial charge is 0.497 e. The Hall–Kier alpha value is -3.98. The van der Waals surface area contributed by atoms with Crippen molar-refractivity contribution in [2.45, 2.75) is 19.2 Å². The summed E-state index contributed by atoms with van der Waals surface area (Å²) in [7, 11) is 3.30. The van der Waals surface area contributed by atoms with Crippen LogP contribution in [0.4, 0.5) is 0 Å². The maximum absolute atomic E-state index is 6.03. The van der Waals surface area contributed by atoms with Crippen LogP contribution in [0.1, 0.15) is 28.8 Å². The Morgan fingerprint density at radius 2 is 1.97 bits per heavy atom. The molecule has 0 spiro atoms. The SMILES string of the molecule is COCc1nnc2n1Cc1c(C3=N[C@@H](c4ccccc4)CO3)ncn1-c1ccc(OC)cc1-2. The summed E-state index contributed by atoms with van der Waals surface area (Å²) in [5, 5.41) is 8.85. The molecule has 0 aliphatic carbocycles. The summed E-state index contributed by atoms with van der Waals surface area (Å²) in [6.07, 6.45) is 1.81. The number of imidazole rings is 1. The predicted molar refractivity (Wildman–Crippen MR) is 121 cm³/mol. The monoisotopic (exact) mass is 442 g/mol. The summed E-state index contributed by atoms with van der Waals surface area (Å²) >= 11 is 0. The van der Waals surface area contributed by atoms with Crippen molar-refractivity contribution in [1.82, 2.24) is 24.3 Å². The van der Waals surface area contributed by atoms with Crippen molar-refractivity contribution in [2.24, 2.45) is 4.99 Å². The lowest BCUT2D eigenvalue weighted by molar-refractivity contribution is 0.174. The lowest BCUT2D eigenvalue weighted by atomic mass is 10.1. The first-order valence-corrected chi connectivity index (χ1v) is 10.7. The van der Waals surface area contributed by atoms with E-state index in [9.17, 15) is 0 Å². The summed E-state index contributed by atoms with van der Waals surface area (Å²) in [5.74, 6) is 2.78. The molecule has 33 heavy (non-hydrogen) atoms. The fourth-order valence-electron chi connectivity index (χ4n) is 4.38. The number of aliphatic imine (C=N–C) groups is 1. The molecule has 0 N–H and O–H groups in total. The van der Waals surface area contributed by atoms with Crippen LogP contribution < -0.4 is 4.74 Å². The lowest BCUT2D eigenvalue weighted by Crippen LogP contribution is -2.13. The molecule has 1 atom stereocenters. The van der Waals surface area contributed by atoms with E-state index in [0.717, 1.165) is 45.6 Å². The standard InChI is InChI=1S/C24H22N6O3/c1-31-13-21-27-28-23-17-10-16(32-2)8-9-19(17)30-14-25-22(20(30)11-29(21)23)24-26-18(12-33-24)15-6-4-3-5-7-15/h3-10,14,18H,11-13H2,1-2H3/t18-/m1/s1. The van der Waals surface area contributed by atoms with Gasteiger partial charge in [-0.3, -0.25) is 4.57 Å². The third-order valence-electron chi connectivity index (χ3n) is 6.02. The van der Waals surface area contributed by atoms with Crippen molar-refractivity contribution < 1.29 is 14.2 Å². The summed E-state index contributed by atoms with van der Waals surface area (Å²) in [4.78, 5) is 9.57. The molecule has 2 aliphatic heterocycles. The second-order valence-corrected chi connectivity index (χ2v) is 7.92. The predicted octanol–water partition coefficient (Wildman–Crippen LogP) is 3.17. The Labute approximate surface area is 190 Å². The maximum atomic E-state index is 6.03. The van der Waals surface area contributed by atoms with E-state index >= 15 is 0 Å². The highest BCUT2D eigenvalue weighted by Gasteiger charge is 2.31. The van der Waals surface area contributed by atoms with Gasteiger partial charge in [-0.1, -0.05) is 30.3 Å². The number of benzene rings is 2. The van der Waals surface area contributed by atoms with E-state index < -0.39 is 0 Å². The van der Waals surface area contributed by atoms with Gasteiger partial charge in [0.15, 0.2) is 11.6 Å². The number of hydrogen-bond acceptors (Lipinski definition) is 7. The minimum atomic E-state index is -0.0459. The number of methoxy groups -OCH3 is 2. The molecule has 0 amide bonds. The smallest absolute Gasteiger partial charge is 0.238 e. The van der Waals surface area contributed by atoms with Gasteiger partial charge >= 0.3 is 0 Å². The Bertz CT molecular complexity index is 1360. The van der Waals surface area contributed by atoms with E-state index in [4.69, 9.17) is 24.2 Å². The van der Waals surface area contributed by atoms with E-state index in [2.05, 4.69) is 31.5 Å². The van der Waals surface area contributed by atoms with Crippen LogP contribution in [0.2, 0.25) is 0 Å². The number of aromatic nitrogens is 5. The number of fused-ring (bicyclic) bond motifs is 5. The van der Waals surface area contributed by atoms with Crippen LogP contribution >= 0.6 is 0 Å². The van der Waals surface area contributed by atoms with Crippen molar-refractivity contribution in [2.75, 3.05) is 20.8 Å². The minimum Gasteiger partial charge on any atom is -0.497 e. The van der Waals surface area contributed by atoms with Gasteiger partial charge in [-0.15, -0.1) is 10.2 Å². The zero-order valence-electron chi connectivity index (χ0n) is 18.3. The molecule has 9 nitrogen and oxygen atoms in total. The average molecular weight is 442 g/mol. The Morgan fingerprint density at radius 1 is 1.09 bits per heavy atom. The molecule has 0 radical (unpaired) electrons. The quantitative estimate of drug-likeness (QED) is 0.415. The zero-order chi connectivity index (χ0) is 22.4. The molecular weight excluding hydrogens is 420 g/mol. The molecule has 2 aromatic heterocycles. The van der Waals surface area contributed by atoms with Gasteiger partial charge in [0.1, 0.15) is 37.0 Å². The zero-order valence-corrected chi connectivity index (χ0v) is 18.3. The van der Waals surface area contributed by atoms with Gasteiger partial charge in [0.05, 0.1) is 25.0 Å². The minimum absolute atomic E-state index is 0.0459. The molecule has 9 heteroatoms. The van der Waals surface area contributed by atoms with Crippen LogP contribution in [0.5, 0.6) is 5.75 Å². The summed E-state index contributed by atoms with van der Waals surface area (Å²) in [6, 6.07) is 16.0. The molecule has 0 fully saturated rings. The van der Waals surface area contributed by atoms with Gasteiger partial charge in [-0.05, 0) is 23.8 Å². The van der Waals surface area contributed by atoms with Crippen LogP contribution in [0.3, 0.4) is 0 Å². The summed E-state index contributed by atoms with van der Waals surface area (Å²) in [5.41, 5.74) is 4.64. The second kappa shape index (κ2) is 7.86. The van der Waals surface area contributed by atoms with Gasteiger partial charge in [0.2, 0.25) is 5.90 Å². The molecule has 0 saturated heterocycles. The van der Waals surface area contributed by atoms with Gasteiger partial charge < -0.3 is 18.8 Å². The van der Waals surface area contributed by atoms with Gasteiger partial charge in [0.25, 0.3) is 0 Å². The number of ether oxygens (including phenoxy) is 3. The topological polar surface area (TPSA) is 88.6 Å². The molecule has 6 rings (SSSR count). The van der Waals surface area contributed by atoms with Crippen molar-refractivity contribution in [1.29, 1.82) is 0 Å². The number of rotatable bonds is 5. The third kappa shape index (κ3) is 3.20. The van der Waals surface area contributed by atoms with Crippen molar-refractivity contribution in [3.63, 3.8) is 0 Å². The maximum Gasteiger partial charge on any atom is 0.238 e. The molecule has 0 unspecified atom stereocenters. The Morgan fingerprint density at radius 3 is 2.79 bits per heavy atom. The molecule has 2 aliphatic rings. The van der Waals surface area contributed by atoms with Crippen LogP contribution in [-0.2, 0) is 22.6 Å². The average Bonchev–Trinajstić information content (AvgIpc) is 3.57. The lowest BCUT2D eigenvalue weighted by Gasteiger charge is -2.10. The molecule has 4 heterocycles. The normalized spacial score (nSPS) is 16.3. The molecule has 0 bridgehead atoms. The van der Waals surface area contributed by atoms with E-state index in [0.29, 0.717) is 25.7 Å². The van der Waals surface area contributed by atoms with Gasteiger partial charge in [0, 0.05) is 12.7 Å². The van der Waals surface area contributed by atoms with Gasteiger partial charge in [-0.25, -0.2) is 9.98 Å². The molecule has 166 valence electrons. The highest BCUT2D eigenvalue weighted by molar-refractivity contribution is 5.95. The Balaban J connectivity index is 1.49. The van der Waals surface area contributed by atoms with E-state index in [-0.39, 0.29) is 6.04 Å². The number of nitrogens with zero attached hydrogens (tertiary/aromatic N) is 6. The van der Waals surface area contributed by atoms with E-state index in [1.807, 2.05) is 42.7 Å².